The summed E-state index contributed by atoms with van der Waals surface area (Å²) in [7, 11) is 0. The Kier molecular flexibility index (Phi) is 4.99. The number of halogens is 1. The molecule has 6 heteroatoms. The number of hydrogen-bond acceptors (Lipinski definition) is 5. The van der Waals surface area contributed by atoms with Gasteiger partial charge in [0.15, 0.2) is 6.29 Å². The van der Waals surface area contributed by atoms with Gasteiger partial charge >= 0.3 is 0 Å². The fraction of sp³-hybridized carbons (Fsp3) is 0.409. The lowest BCUT2D eigenvalue weighted by Gasteiger charge is -2.40. The van der Waals surface area contributed by atoms with Crippen LogP contribution >= 0.6 is 11.6 Å². The highest BCUT2D eigenvalue weighted by molar-refractivity contribution is 6.32. The van der Waals surface area contributed by atoms with Crippen LogP contribution in [0.5, 0.6) is 0 Å². The number of carbonyl (C=O) groups is 1. The molecule has 1 spiro atoms. The van der Waals surface area contributed by atoms with Gasteiger partial charge in [0, 0.05) is 43.1 Å². The third-order valence-electron chi connectivity index (χ3n) is 6.23. The molecule has 0 bridgehead atoms. The van der Waals surface area contributed by atoms with Crippen molar-refractivity contribution in [2.45, 2.75) is 32.2 Å². The zero-order valence-electron chi connectivity index (χ0n) is 15.9. The average Bonchev–Trinajstić information content (AvgIpc) is 3.04. The average molecular weight is 395 g/mol. The number of rotatable bonds is 3. The molecular weight excluding hydrogens is 372 g/mol. The zero-order valence-corrected chi connectivity index (χ0v) is 16.7. The normalized spacial score (nSPS) is 21.0. The number of carbonyl (C=O) groups excluding carboxylic acids is 1. The first kappa shape index (κ1) is 18.8. The minimum Gasteiger partial charge on any atom is -0.368 e. The lowest BCUT2D eigenvalue weighted by atomic mass is 9.77. The Balaban J connectivity index is 1.45. The van der Waals surface area contributed by atoms with E-state index in [4.69, 9.17) is 16.9 Å². The summed E-state index contributed by atoms with van der Waals surface area (Å²) in [5.74, 6) is 0.947. The largest absolute Gasteiger partial charge is 0.368 e. The van der Waals surface area contributed by atoms with Crippen molar-refractivity contribution in [3.63, 3.8) is 0 Å². The number of nitriles is 1. The van der Waals surface area contributed by atoms with Crippen molar-refractivity contribution < 1.29 is 4.79 Å². The summed E-state index contributed by atoms with van der Waals surface area (Å²) in [5, 5.41) is 9.62. The second-order valence-corrected chi connectivity index (χ2v) is 8.42. The van der Waals surface area contributed by atoms with Crippen LogP contribution in [0.2, 0.25) is 5.02 Å². The maximum Gasteiger partial charge on any atom is 0.151 e. The number of benzene rings is 1. The molecule has 3 heterocycles. The van der Waals surface area contributed by atoms with Crippen LogP contribution in [0.1, 0.15) is 42.1 Å². The second-order valence-electron chi connectivity index (χ2n) is 8.01. The molecule has 2 saturated heterocycles. The zero-order chi connectivity index (χ0) is 19.7. The van der Waals surface area contributed by atoms with E-state index in [1.165, 1.54) is 0 Å². The third-order valence-corrected chi connectivity index (χ3v) is 6.54. The van der Waals surface area contributed by atoms with Crippen molar-refractivity contribution >= 4 is 29.4 Å². The van der Waals surface area contributed by atoms with Gasteiger partial charge in [-0.15, -0.1) is 0 Å². The Hall–Kier alpha value is -2.58. The van der Waals surface area contributed by atoms with E-state index in [0.29, 0.717) is 27.6 Å². The van der Waals surface area contributed by atoms with E-state index in [9.17, 15) is 4.79 Å². The Bertz CT molecular complexity index is 913. The topological polar surface area (TPSA) is 60.2 Å². The summed E-state index contributed by atoms with van der Waals surface area (Å²) in [6.45, 7) is 5.24. The standard InChI is InChI=1S/C22H23ClN4O/c1-16-11-22(15-27(16)19-4-3-18(12-24)20(23)10-19)6-8-26(9-7-22)21-5-2-17(14-28)13-25-21/h2-5,10,13-14,16H,6-9,11,15H2,1H3/t16-/m0/s1. The van der Waals surface area contributed by atoms with E-state index in [-0.39, 0.29) is 0 Å². The SMILES string of the molecule is C[C@H]1CC2(CCN(c3ccc(C=O)cn3)CC2)CN1c1ccc(C#N)c(Cl)c1. The summed E-state index contributed by atoms with van der Waals surface area (Å²) in [6, 6.07) is 12.1. The first-order valence-electron chi connectivity index (χ1n) is 9.66. The number of anilines is 2. The van der Waals surface area contributed by atoms with Gasteiger partial charge in [-0.25, -0.2) is 4.98 Å². The number of pyridine rings is 1. The molecule has 28 heavy (non-hydrogen) atoms. The molecule has 0 radical (unpaired) electrons. The van der Waals surface area contributed by atoms with E-state index in [1.54, 1.807) is 6.20 Å². The monoisotopic (exact) mass is 394 g/mol. The number of nitrogens with zero attached hydrogens (tertiary/aromatic N) is 4. The highest BCUT2D eigenvalue weighted by Gasteiger charge is 2.44. The van der Waals surface area contributed by atoms with Crippen molar-refractivity contribution in [3.8, 4) is 6.07 Å². The molecule has 2 aromatic rings. The number of aromatic nitrogens is 1. The minimum atomic E-state index is 0.305. The molecule has 1 aromatic heterocycles. The molecule has 0 saturated carbocycles. The fourth-order valence-electron chi connectivity index (χ4n) is 4.66. The van der Waals surface area contributed by atoms with Gasteiger partial charge in [0.1, 0.15) is 11.9 Å². The molecule has 2 fully saturated rings. The van der Waals surface area contributed by atoms with Crippen molar-refractivity contribution in [3.05, 3.63) is 52.7 Å². The number of aldehydes is 1. The molecular formula is C22H23ClN4O. The van der Waals surface area contributed by atoms with E-state index < -0.39 is 0 Å². The maximum atomic E-state index is 10.8. The van der Waals surface area contributed by atoms with Crippen LogP contribution in [0, 0.1) is 16.7 Å². The summed E-state index contributed by atoms with van der Waals surface area (Å²) in [4.78, 5) is 20.0. The summed E-state index contributed by atoms with van der Waals surface area (Å²) in [6.07, 6.45) is 5.87. The summed E-state index contributed by atoms with van der Waals surface area (Å²) in [5.41, 5.74) is 2.54. The van der Waals surface area contributed by atoms with Crippen molar-refractivity contribution in [1.82, 2.24) is 4.98 Å². The minimum absolute atomic E-state index is 0.305. The molecule has 4 rings (SSSR count). The molecule has 0 amide bonds. The van der Waals surface area contributed by atoms with E-state index in [0.717, 1.165) is 56.7 Å². The van der Waals surface area contributed by atoms with Crippen molar-refractivity contribution in [2.24, 2.45) is 5.41 Å². The summed E-state index contributed by atoms with van der Waals surface area (Å²) < 4.78 is 0. The molecule has 2 aliphatic heterocycles. The lowest BCUT2D eigenvalue weighted by Crippen LogP contribution is -2.42. The van der Waals surface area contributed by atoms with Crippen LogP contribution < -0.4 is 9.80 Å². The third kappa shape index (κ3) is 3.45. The van der Waals surface area contributed by atoms with Crippen LogP contribution in [0.3, 0.4) is 0 Å². The molecule has 2 aliphatic rings. The molecule has 0 N–H and O–H groups in total. The molecule has 1 aromatic carbocycles. The van der Waals surface area contributed by atoms with Crippen LogP contribution in [0.15, 0.2) is 36.5 Å². The predicted molar refractivity (Wildman–Crippen MR) is 111 cm³/mol. The van der Waals surface area contributed by atoms with Gasteiger partial charge in [0.2, 0.25) is 0 Å². The van der Waals surface area contributed by atoms with Gasteiger partial charge in [-0.2, -0.15) is 5.26 Å². The molecule has 144 valence electrons. The maximum absolute atomic E-state index is 10.8. The molecule has 0 aliphatic carbocycles. The Morgan fingerprint density at radius 2 is 2.07 bits per heavy atom. The molecule has 1 atom stereocenters. The number of hydrogen-bond donors (Lipinski definition) is 0. The molecule has 0 unspecified atom stereocenters. The van der Waals surface area contributed by atoms with Crippen LogP contribution in [-0.4, -0.2) is 36.9 Å². The van der Waals surface area contributed by atoms with Crippen molar-refractivity contribution in [1.29, 1.82) is 5.26 Å². The van der Waals surface area contributed by atoms with E-state index in [1.807, 2.05) is 30.3 Å². The quantitative estimate of drug-likeness (QED) is 0.726. The Morgan fingerprint density at radius 1 is 1.29 bits per heavy atom. The molecule has 5 nitrogen and oxygen atoms in total. The second kappa shape index (κ2) is 7.44. The highest BCUT2D eigenvalue weighted by Crippen LogP contribution is 2.45. The van der Waals surface area contributed by atoms with Gasteiger partial charge in [0.05, 0.1) is 10.6 Å². The van der Waals surface area contributed by atoms with E-state index >= 15 is 0 Å². The smallest absolute Gasteiger partial charge is 0.151 e. The Morgan fingerprint density at radius 3 is 2.68 bits per heavy atom. The van der Waals surface area contributed by atoms with Crippen LogP contribution in [0.4, 0.5) is 11.5 Å². The van der Waals surface area contributed by atoms with Gasteiger partial charge in [0.25, 0.3) is 0 Å². The number of piperidine rings is 1. The first-order chi connectivity index (χ1) is 13.5. The highest BCUT2D eigenvalue weighted by atomic mass is 35.5. The predicted octanol–water partition coefficient (Wildman–Crippen LogP) is 4.30. The Labute approximate surface area is 170 Å². The van der Waals surface area contributed by atoms with Crippen LogP contribution in [-0.2, 0) is 0 Å². The van der Waals surface area contributed by atoms with Gasteiger partial charge in [-0.1, -0.05) is 11.6 Å². The van der Waals surface area contributed by atoms with E-state index in [2.05, 4.69) is 27.8 Å². The fourth-order valence-corrected chi connectivity index (χ4v) is 4.88. The van der Waals surface area contributed by atoms with Gasteiger partial charge < -0.3 is 9.80 Å². The summed E-state index contributed by atoms with van der Waals surface area (Å²) >= 11 is 6.26. The van der Waals surface area contributed by atoms with Crippen molar-refractivity contribution in [2.75, 3.05) is 29.4 Å². The van der Waals surface area contributed by atoms with Crippen LogP contribution in [0.25, 0.3) is 0 Å². The first-order valence-corrected chi connectivity index (χ1v) is 10.0. The lowest BCUT2D eigenvalue weighted by molar-refractivity contribution is 0.112. The van der Waals surface area contributed by atoms with Gasteiger partial charge in [-0.05, 0) is 61.9 Å². The van der Waals surface area contributed by atoms with Gasteiger partial charge in [-0.3, -0.25) is 4.79 Å².